The Bertz CT molecular complexity index is 1010. The molecule has 0 aliphatic carbocycles. The first-order valence-corrected chi connectivity index (χ1v) is 10.8. The van der Waals surface area contributed by atoms with Crippen LogP contribution in [0.1, 0.15) is 16.7 Å². The van der Waals surface area contributed by atoms with Crippen molar-refractivity contribution >= 4 is 38.9 Å². The number of halogens is 1. The van der Waals surface area contributed by atoms with Crippen LogP contribution in [0.4, 0.5) is 5.69 Å². The van der Waals surface area contributed by atoms with Crippen molar-refractivity contribution in [2.75, 3.05) is 19.5 Å². The number of nitrogens with one attached hydrogen (secondary N) is 1. The Hall–Kier alpha value is -2.57. The van der Waals surface area contributed by atoms with E-state index in [1.54, 1.807) is 14.2 Å². The second kappa shape index (κ2) is 10.5. The Morgan fingerprint density at radius 3 is 2.33 bits per heavy atom. The van der Waals surface area contributed by atoms with Crippen LogP contribution < -0.4 is 14.8 Å². The molecule has 0 heterocycles. The van der Waals surface area contributed by atoms with Gasteiger partial charge in [0.15, 0.2) is 5.11 Å². The van der Waals surface area contributed by atoms with Crippen molar-refractivity contribution in [3.05, 3.63) is 87.9 Å². The maximum absolute atomic E-state index is 5.80. The lowest BCUT2D eigenvalue weighted by molar-refractivity contribution is 0.405. The average Bonchev–Trinajstić information content (AvgIpc) is 2.75. The lowest BCUT2D eigenvalue weighted by Crippen LogP contribution is -2.34. The third kappa shape index (κ3) is 5.97. The summed E-state index contributed by atoms with van der Waals surface area (Å²) in [5.74, 6) is 1.60. The van der Waals surface area contributed by atoms with Crippen molar-refractivity contribution in [3.63, 3.8) is 0 Å². The van der Waals surface area contributed by atoms with Gasteiger partial charge in [-0.15, -0.1) is 0 Å². The van der Waals surface area contributed by atoms with Gasteiger partial charge in [-0.2, -0.15) is 0 Å². The molecule has 0 unspecified atom stereocenters. The van der Waals surface area contributed by atoms with Gasteiger partial charge in [0.05, 0.1) is 19.9 Å². The Labute approximate surface area is 191 Å². The SMILES string of the molecule is COc1ccc(CN(Cc2cccc(Br)c2)C(=S)Nc2ccc(C)cc2OC)cc1. The minimum absolute atomic E-state index is 0.632. The van der Waals surface area contributed by atoms with E-state index in [9.17, 15) is 0 Å². The highest BCUT2D eigenvalue weighted by Crippen LogP contribution is 2.26. The van der Waals surface area contributed by atoms with Gasteiger partial charge in [0, 0.05) is 17.6 Å². The number of ether oxygens (including phenoxy) is 2. The van der Waals surface area contributed by atoms with Crippen molar-refractivity contribution in [2.45, 2.75) is 20.0 Å². The van der Waals surface area contributed by atoms with Gasteiger partial charge >= 0.3 is 0 Å². The van der Waals surface area contributed by atoms with Gasteiger partial charge in [-0.25, -0.2) is 0 Å². The molecule has 0 aliphatic heterocycles. The van der Waals surface area contributed by atoms with Gasteiger partial charge in [-0.3, -0.25) is 0 Å². The van der Waals surface area contributed by atoms with Crippen LogP contribution in [0.2, 0.25) is 0 Å². The minimum atomic E-state index is 0.632. The molecule has 0 fully saturated rings. The molecule has 0 bridgehead atoms. The summed E-state index contributed by atoms with van der Waals surface area (Å²) >= 11 is 9.35. The fraction of sp³-hybridized carbons (Fsp3) is 0.208. The number of hydrogen-bond donors (Lipinski definition) is 1. The maximum Gasteiger partial charge on any atom is 0.174 e. The van der Waals surface area contributed by atoms with E-state index in [-0.39, 0.29) is 0 Å². The van der Waals surface area contributed by atoms with E-state index in [1.165, 1.54) is 0 Å². The highest BCUT2D eigenvalue weighted by atomic mass is 79.9. The summed E-state index contributed by atoms with van der Waals surface area (Å²) in [7, 11) is 3.34. The highest BCUT2D eigenvalue weighted by molar-refractivity contribution is 9.10. The van der Waals surface area contributed by atoms with Crippen LogP contribution in [0.5, 0.6) is 11.5 Å². The van der Waals surface area contributed by atoms with E-state index < -0.39 is 0 Å². The van der Waals surface area contributed by atoms with Crippen molar-refractivity contribution in [2.24, 2.45) is 0 Å². The number of anilines is 1. The first-order chi connectivity index (χ1) is 14.5. The van der Waals surface area contributed by atoms with E-state index in [0.29, 0.717) is 18.2 Å². The smallest absolute Gasteiger partial charge is 0.174 e. The van der Waals surface area contributed by atoms with Crippen molar-refractivity contribution in [1.29, 1.82) is 0 Å². The standard InChI is InChI=1S/C24H25BrN2O2S/c1-17-7-12-22(23(13-17)29-3)26-24(30)27(16-19-5-4-6-20(25)14-19)15-18-8-10-21(28-2)11-9-18/h4-14H,15-16H2,1-3H3,(H,26,30). The first-order valence-electron chi connectivity index (χ1n) is 9.56. The first kappa shape index (κ1) is 22.1. The lowest BCUT2D eigenvalue weighted by atomic mass is 10.1. The summed E-state index contributed by atoms with van der Waals surface area (Å²) < 4.78 is 11.8. The van der Waals surface area contributed by atoms with Gasteiger partial charge in [0.25, 0.3) is 0 Å². The highest BCUT2D eigenvalue weighted by Gasteiger charge is 2.14. The third-order valence-electron chi connectivity index (χ3n) is 4.68. The summed E-state index contributed by atoms with van der Waals surface area (Å²) in [6.07, 6.45) is 0. The van der Waals surface area contributed by atoms with Crippen molar-refractivity contribution in [1.82, 2.24) is 4.90 Å². The van der Waals surface area contributed by atoms with Gasteiger partial charge in [0.2, 0.25) is 0 Å². The molecular formula is C24H25BrN2O2S. The zero-order valence-corrected chi connectivity index (χ0v) is 19.7. The number of hydrogen-bond acceptors (Lipinski definition) is 3. The summed E-state index contributed by atoms with van der Waals surface area (Å²) in [6, 6.07) is 22.3. The molecule has 0 amide bonds. The summed E-state index contributed by atoms with van der Waals surface area (Å²) in [5.41, 5.74) is 4.29. The van der Waals surface area contributed by atoms with Crippen LogP contribution in [0.15, 0.2) is 71.2 Å². The molecule has 30 heavy (non-hydrogen) atoms. The third-order valence-corrected chi connectivity index (χ3v) is 5.53. The van der Waals surface area contributed by atoms with E-state index in [4.69, 9.17) is 21.7 Å². The monoisotopic (exact) mass is 484 g/mol. The minimum Gasteiger partial charge on any atom is -0.497 e. The van der Waals surface area contributed by atoms with E-state index in [1.807, 2.05) is 49.4 Å². The average molecular weight is 485 g/mol. The molecular weight excluding hydrogens is 460 g/mol. The molecule has 0 saturated carbocycles. The predicted octanol–water partition coefficient (Wildman–Crippen LogP) is 6.17. The number of methoxy groups -OCH3 is 2. The number of nitrogens with zero attached hydrogens (tertiary/aromatic N) is 1. The maximum atomic E-state index is 5.80. The van der Waals surface area contributed by atoms with Gasteiger partial charge in [-0.1, -0.05) is 46.3 Å². The molecule has 3 aromatic rings. The zero-order chi connectivity index (χ0) is 21.5. The topological polar surface area (TPSA) is 33.7 Å². The van der Waals surface area contributed by atoms with E-state index >= 15 is 0 Å². The van der Waals surface area contributed by atoms with Crippen LogP contribution in [-0.4, -0.2) is 24.2 Å². The normalized spacial score (nSPS) is 10.4. The van der Waals surface area contributed by atoms with Gasteiger partial charge in [0.1, 0.15) is 11.5 Å². The van der Waals surface area contributed by atoms with Crippen LogP contribution >= 0.6 is 28.1 Å². The van der Waals surface area contributed by atoms with Gasteiger partial charge in [-0.05, 0) is 72.2 Å². The molecule has 0 saturated heterocycles. The van der Waals surface area contributed by atoms with E-state index in [2.05, 4.69) is 50.4 Å². The van der Waals surface area contributed by atoms with Gasteiger partial charge < -0.3 is 19.7 Å². The fourth-order valence-electron chi connectivity index (χ4n) is 3.10. The molecule has 4 nitrogen and oxygen atoms in total. The molecule has 0 aliphatic rings. The second-order valence-electron chi connectivity index (χ2n) is 6.97. The Kier molecular flexibility index (Phi) is 7.71. The van der Waals surface area contributed by atoms with Crippen molar-refractivity contribution < 1.29 is 9.47 Å². The summed E-state index contributed by atoms with van der Waals surface area (Å²) in [5, 5.41) is 3.99. The van der Waals surface area contributed by atoms with Crippen LogP contribution in [0.3, 0.4) is 0 Å². The van der Waals surface area contributed by atoms with Crippen molar-refractivity contribution in [3.8, 4) is 11.5 Å². The fourth-order valence-corrected chi connectivity index (χ4v) is 3.79. The van der Waals surface area contributed by atoms with Crippen LogP contribution in [0.25, 0.3) is 0 Å². The van der Waals surface area contributed by atoms with E-state index in [0.717, 1.165) is 38.3 Å². The zero-order valence-electron chi connectivity index (χ0n) is 17.3. The number of aryl methyl sites for hydroxylation is 1. The quantitative estimate of drug-likeness (QED) is 0.405. The lowest BCUT2D eigenvalue weighted by Gasteiger charge is -2.27. The molecule has 156 valence electrons. The number of thiocarbonyl (C=S) groups is 1. The summed E-state index contributed by atoms with van der Waals surface area (Å²) in [6.45, 7) is 3.37. The van der Waals surface area contributed by atoms with Crippen LogP contribution in [0, 0.1) is 6.92 Å². The predicted molar refractivity (Wildman–Crippen MR) is 130 cm³/mol. The van der Waals surface area contributed by atoms with Crippen LogP contribution in [-0.2, 0) is 13.1 Å². The molecule has 0 atom stereocenters. The Balaban J connectivity index is 1.84. The Morgan fingerprint density at radius 2 is 1.67 bits per heavy atom. The molecule has 3 rings (SSSR count). The number of benzene rings is 3. The largest absolute Gasteiger partial charge is 0.497 e. The molecule has 3 aromatic carbocycles. The number of rotatable bonds is 7. The Morgan fingerprint density at radius 1 is 0.933 bits per heavy atom. The molecule has 0 aromatic heterocycles. The molecule has 6 heteroatoms. The molecule has 0 radical (unpaired) electrons. The second-order valence-corrected chi connectivity index (χ2v) is 8.27. The summed E-state index contributed by atoms with van der Waals surface area (Å²) in [4.78, 5) is 2.14. The molecule has 1 N–H and O–H groups in total. The molecule has 0 spiro atoms.